The molecule has 1 saturated heterocycles. The van der Waals surface area contributed by atoms with Gasteiger partial charge in [0.2, 0.25) is 5.95 Å². The van der Waals surface area contributed by atoms with Crippen LogP contribution in [0.15, 0.2) is 6.07 Å². The van der Waals surface area contributed by atoms with Gasteiger partial charge in [0, 0.05) is 30.4 Å². The van der Waals surface area contributed by atoms with Crippen molar-refractivity contribution in [2.24, 2.45) is 0 Å². The van der Waals surface area contributed by atoms with Gasteiger partial charge in [-0.25, -0.2) is 13.4 Å². The lowest BCUT2D eigenvalue weighted by Gasteiger charge is -2.27. The first-order valence-electron chi connectivity index (χ1n) is 7.56. The number of hydrogen-bond donors (Lipinski definition) is 1. The molecule has 6 nitrogen and oxygen atoms in total. The van der Waals surface area contributed by atoms with Gasteiger partial charge in [0.05, 0.1) is 11.5 Å². The van der Waals surface area contributed by atoms with Gasteiger partial charge < -0.3 is 10.2 Å². The average molecular weight is 310 g/mol. The second-order valence-corrected chi connectivity index (χ2v) is 8.18. The number of anilines is 2. The summed E-state index contributed by atoms with van der Waals surface area (Å²) < 4.78 is 23.4. The highest BCUT2D eigenvalue weighted by atomic mass is 32.2. The van der Waals surface area contributed by atoms with Crippen molar-refractivity contribution in [1.29, 1.82) is 0 Å². The Bertz CT molecular complexity index is 628. The summed E-state index contributed by atoms with van der Waals surface area (Å²) in [5, 5.41) is 3.39. The van der Waals surface area contributed by atoms with Gasteiger partial charge in [0.25, 0.3) is 0 Å². The fourth-order valence-electron chi connectivity index (χ4n) is 2.78. The number of nitrogens with zero attached hydrogens (tertiary/aromatic N) is 3. The molecular formula is C14H22N4O2S. The van der Waals surface area contributed by atoms with Gasteiger partial charge in [-0.3, -0.25) is 0 Å². The van der Waals surface area contributed by atoms with Crippen LogP contribution in [0.1, 0.15) is 31.9 Å². The van der Waals surface area contributed by atoms with E-state index in [1.807, 2.05) is 24.8 Å². The predicted molar refractivity (Wildman–Crippen MR) is 83.5 cm³/mol. The molecule has 2 aliphatic rings. The Morgan fingerprint density at radius 2 is 2.10 bits per heavy atom. The Kier molecular flexibility index (Phi) is 3.77. The molecule has 3 rings (SSSR count). The van der Waals surface area contributed by atoms with Crippen LogP contribution in [0, 0.1) is 6.92 Å². The molecule has 0 aromatic carbocycles. The first kappa shape index (κ1) is 14.6. The standard InChI is InChI=1S/C14H22N4O2S/c1-3-18(12-6-7-21(19,20)9-12)14-15-10(2)8-13(17-14)16-11-4-5-11/h8,11-12H,3-7,9H2,1-2H3,(H,15,16,17). The van der Waals surface area contributed by atoms with E-state index in [1.165, 1.54) is 12.8 Å². The molecule has 1 N–H and O–H groups in total. The Morgan fingerprint density at radius 3 is 2.67 bits per heavy atom. The van der Waals surface area contributed by atoms with Crippen LogP contribution in [0.3, 0.4) is 0 Å². The molecule has 116 valence electrons. The van der Waals surface area contributed by atoms with Gasteiger partial charge in [-0.05, 0) is 33.1 Å². The molecular weight excluding hydrogens is 288 g/mol. The molecule has 0 bridgehead atoms. The van der Waals surface area contributed by atoms with Crippen molar-refractivity contribution in [2.45, 2.75) is 45.2 Å². The van der Waals surface area contributed by atoms with Crippen molar-refractivity contribution in [1.82, 2.24) is 9.97 Å². The number of sulfone groups is 1. The molecule has 1 saturated carbocycles. The van der Waals surface area contributed by atoms with E-state index in [4.69, 9.17) is 0 Å². The highest BCUT2D eigenvalue weighted by Gasteiger charge is 2.33. The second kappa shape index (κ2) is 5.44. The van der Waals surface area contributed by atoms with E-state index < -0.39 is 9.84 Å². The molecule has 0 amide bonds. The lowest BCUT2D eigenvalue weighted by atomic mass is 10.2. The zero-order chi connectivity index (χ0) is 15.0. The summed E-state index contributed by atoms with van der Waals surface area (Å²) in [7, 11) is -2.90. The molecule has 1 aromatic rings. The quantitative estimate of drug-likeness (QED) is 0.885. The molecule has 1 unspecified atom stereocenters. The summed E-state index contributed by atoms with van der Waals surface area (Å²) in [6, 6.07) is 2.48. The van der Waals surface area contributed by atoms with Crippen molar-refractivity contribution < 1.29 is 8.42 Å². The van der Waals surface area contributed by atoms with Gasteiger partial charge in [-0.1, -0.05) is 0 Å². The molecule has 21 heavy (non-hydrogen) atoms. The Morgan fingerprint density at radius 1 is 1.33 bits per heavy atom. The zero-order valence-electron chi connectivity index (χ0n) is 12.5. The maximum absolute atomic E-state index is 11.7. The SMILES string of the molecule is CCN(c1nc(C)cc(NC2CC2)n1)C1CCS(=O)(=O)C1. The van der Waals surface area contributed by atoms with E-state index in [9.17, 15) is 8.42 Å². The lowest BCUT2D eigenvalue weighted by Crippen LogP contribution is -2.37. The Hall–Kier alpha value is -1.37. The summed E-state index contributed by atoms with van der Waals surface area (Å²) in [5.41, 5.74) is 0.905. The monoisotopic (exact) mass is 310 g/mol. The van der Waals surface area contributed by atoms with Crippen LogP contribution in [0.25, 0.3) is 0 Å². The van der Waals surface area contributed by atoms with Gasteiger partial charge in [-0.2, -0.15) is 4.98 Å². The smallest absolute Gasteiger partial charge is 0.227 e. The molecule has 1 aliphatic carbocycles. The summed E-state index contributed by atoms with van der Waals surface area (Å²) >= 11 is 0. The van der Waals surface area contributed by atoms with Crippen molar-refractivity contribution in [3.05, 3.63) is 11.8 Å². The summed E-state index contributed by atoms with van der Waals surface area (Å²) in [4.78, 5) is 11.1. The first-order valence-corrected chi connectivity index (χ1v) is 9.38. The normalized spacial score (nSPS) is 24.0. The van der Waals surface area contributed by atoms with Crippen LogP contribution in [-0.4, -0.2) is 48.5 Å². The second-order valence-electron chi connectivity index (χ2n) is 5.96. The van der Waals surface area contributed by atoms with Crippen molar-refractivity contribution in [3.8, 4) is 0 Å². The van der Waals surface area contributed by atoms with E-state index in [1.54, 1.807) is 0 Å². The highest BCUT2D eigenvalue weighted by molar-refractivity contribution is 7.91. The third-order valence-corrected chi connectivity index (χ3v) is 5.77. The van der Waals surface area contributed by atoms with E-state index in [-0.39, 0.29) is 17.5 Å². The number of rotatable bonds is 5. The van der Waals surface area contributed by atoms with E-state index in [0.717, 1.165) is 11.5 Å². The number of aromatic nitrogens is 2. The molecule has 1 atom stereocenters. The minimum Gasteiger partial charge on any atom is -0.367 e. The van der Waals surface area contributed by atoms with Gasteiger partial charge in [-0.15, -0.1) is 0 Å². The van der Waals surface area contributed by atoms with Crippen LogP contribution in [0.5, 0.6) is 0 Å². The Balaban J connectivity index is 1.84. The van der Waals surface area contributed by atoms with Crippen molar-refractivity contribution in [2.75, 3.05) is 28.3 Å². The molecule has 0 spiro atoms. The lowest BCUT2D eigenvalue weighted by molar-refractivity contribution is 0.599. The topological polar surface area (TPSA) is 75.2 Å². The number of nitrogens with one attached hydrogen (secondary N) is 1. The van der Waals surface area contributed by atoms with Gasteiger partial charge >= 0.3 is 0 Å². The maximum atomic E-state index is 11.7. The molecule has 2 fully saturated rings. The van der Waals surface area contributed by atoms with Crippen LogP contribution in [-0.2, 0) is 9.84 Å². The fourth-order valence-corrected chi connectivity index (χ4v) is 4.51. The predicted octanol–water partition coefficient (Wildman–Crippen LogP) is 1.37. The fraction of sp³-hybridized carbons (Fsp3) is 0.714. The average Bonchev–Trinajstić information content (AvgIpc) is 3.13. The van der Waals surface area contributed by atoms with Crippen molar-refractivity contribution in [3.63, 3.8) is 0 Å². The molecule has 1 aromatic heterocycles. The largest absolute Gasteiger partial charge is 0.367 e. The van der Waals surface area contributed by atoms with Gasteiger partial charge in [0.1, 0.15) is 5.82 Å². The molecule has 1 aliphatic heterocycles. The first-order chi connectivity index (χ1) is 9.97. The minimum atomic E-state index is -2.90. The third-order valence-electron chi connectivity index (χ3n) is 4.02. The maximum Gasteiger partial charge on any atom is 0.227 e. The molecule has 7 heteroatoms. The van der Waals surface area contributed by atoms with Crippen LogP contribution in [0.4, 0.5) is 11.8 Å². The van der Waals surface area contributed by atoms with Crippen LogP contribution in [0.2, 0.25) is 0 Å². The molecule has 0 radical (unpaired) electrons. The molecule has 2 heterocycles. The minimum absolute atomic E-state index is 0.00410. The Labute approximate surface area is 125 Å². The highest BCUT2D eigenvalue weighted by Crippen LogP contribution is 2.26. The summed E-state index contributed by atoms with van der Waals surface area (Å²) in [6.07, 6.45) is 3.05. The van der Waals surface area contributed by atoms with Crippen molar-refractivity contribution >= 4 is 21.6 Å². The van der Waals surface area contributed by atoms with Crippen LogP contribution >= 0.6 is 0 Å². The zero-order valence-corrected chi connectivity index (χ0v) is 13.4. The third kappa shape index (κ3) is 3.45. The van der Waals surface area contributed by atoms with E-state index >= 15 is 0 Å². The van der Waals surface area contributed by atoms with E-state index in [2.05, 4.69) is 15.3 Å². The van der Waals surface area contributed by atoms with Gasteiger partial charge in [0.15, 0.2) is 9.84 Å². The number of hydrogen-bond acceptors (Lipinski definition) is 6. The van der Waals surface area contributed by atoms with Crippen LogP contribution < -0.4 is 10.2 Å². The number of aryl methyl sites for hydroxylation is 1. The summed E-state index contributed by atoms with van der Waals surface area (Å²) in [6.45, 7) is 4.68. The summed E-state index contributed by atoms with van der Waals surface area (Å²) in [5.74, 6) is 1.97. The van der Waals surface area contributed by atoms with E-state index in [0.29, 0.717) is 25.0 Å².